The van der Waals surface area contributed by atoms with Crippen molar-refractivity contribution in [3.8, 4) is 0 Å². The number of hydrogen-bond acceptors (Lipinski definition) is 6. The summed E-state index contributed by atoms with van der Waals surface area (Å²) in [6.45, 7) is 2.60. The van der Waals surface area contributed by atoms with E-state index >= 15 is 0 Å². The molecule has 0 atom stereocenters. The lowest BCUT2D eigenvalue weighted by Gasteiger charge is -2.06. The van der Waals surface area contributed by atoms with E-state index in [1.54, 1.807) is 0 Å². The molecule has 0 amide bonds. The second kappa shape index (κ2) is 10.9. The minimum Gasteiger partial charge on any atom is -0.380 e. The molecule has 0 fully saturated rings. The number of sulfone groups is 1. The minimum atomic E-state index is -3.07. The Morgan fingerprint density at radius 2 is 1.18 bits per heavy atom. The maximum absolute atomic E-state index is 11.5. The first-order valence-electron chi connectivity index (χ1n) is 5.88. The van der Waals surface area contributed by atoms with Gasteiger partial charge in [0.25, 0.3) is 0 Å². The predicted octanol–water partition coefficient (Wildman–Crippen LogP) is -0.868. The Morgan fingerprint density at radius 3 is 1.53 bits per heavy atom. The Balaban J connectivity index is 3.46. The fourth-order valence-electron chi connectivity index (χ4n) is 1.05. The molecule has 0 saturated heterocycles. The topological polar surface area (TPSA) is 105 Å². The van der Waals surface area contributed by atoms with Crippen LogP contribution in [0.15, 0.2) is 0 Å². The van der Waals surface area contributed by atoms with Crippen molar-refractivity contribution >= 4 is 9.84 Å². The zero-order chi connectivity index (χ0) is 13.0. The lowest BCUT2D eigenvalue weighted by atomic mass is 10.5. The smallest absolute Gasteiger partial charge is 0.154 e. The maximum Gasteiger partial charge on any atom is 0.154 e. The minimum absolute atomic E-state index is 0.0395. The van der Waals surface area contributed by atoms with E-state index in [0.29, 0.717) is 26.3 Å². The van der Waals surface area contributed by atoms with E-state index in [2.05, 4.69) is 0 Å². The summed E-state index contributed by atoms with van der Waals surface area (Å²) in [5.74, 6) is 0.0790. The highest BCUT2D eigenvalue weighted by Crippen LogP contribution is 1.93. The summed E-state index contributed by atoms with van der Waals surface area (Å²) in [6, 6.07) is 0. The molecular formula is C10H24N2O4S. The van der Waals surface area contributed by atoms with Crippen LogP contribution in [0.5, 0.6) is 0 Å². The molecule has 4 N–H and O–H groups in total. The lowest BCUT2D eigenvalue weighted by Crippen LogP contribution is -2.20. The highest BCUT2D eigenvalue weighted by atomic mass is 32.2. The molecule has 0 aliphatic heterocycles. The van der Waals surface area contributed by atoms with Crippen LogP contribution in [0.2, 0.25) is 0 Å². The standard InChI is InChI=1S/C10H24N2O4S/c11-3-1-5-15-7-9-17(13,14)10-8-16-6-2-4-12/h1-12H2. The Hall–Kier alpha value is -0.210. The third kappa shape index (κ3) is 12.0. The summed E-state index contributed by atoms with van der Waals surface area (Å²) in [5, 5.41) is 0. The van der Waals surface area contributed by atoms with Crippen molar-refractivity contribution in [3.05, 3.63) is 0 Å². The van der Waals surface area contributed by atoms with Gasteiger partial charge < -0.3 is 20.9 Å². The Labute approximate surface area is 104 Å². The van der Waals surface area contributed by atoms with Crippen molar-refractivity contribution in [2.45, 2.75) is 12.8 Å². The van der Waals surface area contributed by atoms with Crippen LogP contribution < -0.4 is 11.5 Å². The molecular weight excluding hydrogens is 244 g/mol. The molecule has 0 aliphatic rings. The van der Waals surface area contributed by atoms with Crippen LogP contribution in [0.25, 0.3) is 0 Å². The highest BCUT2D eigenvalue weighted by Gasteiger charge is 2.10. The van der Waals surface area contributed by atoms with Gasteiger partial charge in [-0.05, 0) is 25.9 Å². The molecule has 6 nitrogen and oxygen atoms in total. The average molecular weight is 268 g/mol. The zero-order valence-electron chi connectivity index (χ0n) is 10.3. The van der Waals surface area contributed by atoms with Crippen molar-refractivity contribution in [2.24, 2.45) is 11.5 Å². The quantitative estimate of drug-likeness (QED) is 0.446. The Bertz CT molecular complexity index is 237. The van der Waals surface area contributed by atoms with Gasteiger partial charge in [-0.1, -0.05) is 0 Å². The molecule has 17 heavy (non-hydrogen) atoms. The van der Waals surface area contributed by atoms with Gasteiger partial charge in [0.2, 0.25) is 0 Å². The van der Waals surface area contributed by atoms with Gasteiger partial charge in [-0.3, -0.25) is 0 Å². The molecule has 0 aromatic rings. The maximum atomic E-state index is 11.5. The average Bonchev–Trinajstić information content (AvgIpc) is 2.28. The molecule has 0 rings (SSSR count). The third-order valence-electron chi connectivity index (χ3n) is 2.06. The number of ether oxygens (including phenoxy) is 2. The molecule has 0 heterocycles. The van der Waals surface area contributed by atoms with Crippen LogP contribution in [0.1, 0.15) is 12.8 Å². The monoisotopic (exact) mass is 268 g/mol. The Kier molecular flexibility index (Phi) is 10.8. The predicted molar refractivity (Wildman–Crippen MR) is 67.6 cm³/mol. The van der Waals surface area contributed by atoms with Gasteiger partial charge in [0, 0.05) is 13.2 Å². The molecule has 0 aromatic heterocycles. The summed E-state index contributed by atoms with van der Waals surface area (Å²) >= 11 is 0. The molecule has 0 aromatic carbocycles. The van der Waals surface area contributed by atoms with Gasteiger partial charge in [0.05, 0.1) is 24.7 Å². The van der Waals surface area contributed by atoms with E-state index in [-0.39, 0.29) is 24.7 Å². The first kappa shape index (κ1) is 16.8. The van der Waals surface area contributed by atoms with Crippen molar-refractivity contribution in [1.82, 2.24) is 0 Å². The van der Waals surface area contributed by atoms with Gasteiger partial charge in [0.15, 0.2) is 9.84 Å². The summed E-state index contributed by atoms with van der Waals surface area (Å²) in [4.78, 5) is 0. The molecule has 0 aliphatic carbocycles. The van der Waals surface area contributed by atoms with Crippen LogP contribution in [-0.2, 0) is 19.3 Å². The molecule has 0 spiro atoms. The van der Waals surface area contributed by atoms with Crippen LogP contribution in [0.3, 0.4) is 0 Å². The van der Waals surface area contributed by atoms with Crippen molar-refractivity contribution in [2.75, 3.05) is 51.0 Å². The van der Waals surface area contributed by atoms with E-state index in [0.717, 1.165) is 12.8 Å². The molecule has 0 saturated carbocycles. The van der Waals surface area contributed by atoms with Crippen molar-refractivity contribution in [3.63, 3.8) is 0 Å². The lowest BCUT2D eigenvalue weighted by molar-refractivity contribution is 0.144. The number of hydrogen-bond donors (Lipinski definition) is 2. The SMILES string of the molecule is NCCCOCCS(=O)(=O)CCOCCCN. The van der Waals surface area contributed by atoms with E-state index in [9.17, 15) is 8.42 Å². The van der Waals surface area contributed by atoms with Gasteiger partial charge in [0.1, 0.15) is 0 Å². The van der Waals surface area contributed by atoms with Gasteiger partial charge in [-0.25, -0.2) is 8.42 Å². The summed E-state index contributed by atoms with van der Waals surface area (Å²) < 4.78 is 33.2. The van der Waals surface area contributed by atoms with E-state index < -0.39 is 9.84 Å². The summed E-state index contributed by atoms with van der Waals surface area (Å²) in [7, 11) is -3.07. The van der Waals surface area contributed by atoms with Crippen molar-refractivity contribution < 1.29 is 17.9 Å². The molecule has 104 valence electrons. The number of rotatable bonds is 12. The molecule has 0 unspecified atom stereocenters. The summed E-state index contributed by atoms with van der Waals surface area (Å²) in [5.41, 5.74) is 10.6. The van der Waals surface area contributed by atoms with E-state index in [4.69, 9.17) is 20.9 Å². The zero-order valence-corrected chi connectivity index (χ0v) is 11.1. The normalized spacial score (nSPS) is 11.9. The van der Waals surface area contributed by atoms with E-state index in [1.165, 1.54) is 0 Å². The highest BCUT2D eigenvalue weighted by molar-refractivity contribution is 7.91. The van der Waals surface area contributed by atoms with Gasteiger partial charge in [-0.15, -0.1) is 0 Å². The molecule has 7 heteroatoms. The van der Waals surface area contributed by atoms with Gasteiger partial charge in [-0.2, -0.15) is 0 Å². The fraction of sp³-hybridized carbons (Fsp3) is 1.00. The second-order valence-electron chi connectivity index (χ2n) is 3.66. The third-order valence-corrected chi connectivity index (χ3v) is 3.64. The number of nitrogens with two attached hydrogens (primary N) is 2. The second-order valence-corrected chi connectivity index (χ2v) is 5.96. The van der Waals surface area contributed by atoms with Crippen LogP contribution in [-0.4, -0.2) is 59.4 Å². The molecule has 0 radical (unpaired) electrons. The van der Waals surface area contributed by atoms with Gasteiger partial charge >= 0.3 is 0 Å². The van der Waals surface area contributed by atoms with Crippen molar-refractivity contribution in [1.29, 1.82) is 0 Å². The van der Waals surface area contributed by atoms with Crippen LogP contribution >= 0.6 is 0 Å². The van der Waals surface area contributed by atoms with E-state index in [1.807, 2.05) is 0 Å². The Morgan fingerprint density at radius 1 is 0.765 bits per heavy atom. The van der Waals surface area contributed by atoms with Crippen LogP contribution in [0, 0.1) is 0 Å². The summed E-state index contributed by atoms with van der Waals surface area (Å²) in [6.07, 6.45) is 1.50. The largest absolute Gasteiger partial charge is 0.380 e. The molecule has 0 bridgehead atoms. The first-order chi connectivity index (χ1) is 8.12. The fourth-order valence-corrected chi connectivity index (χ4v) is 2.00. The van der Waals surface area contributed by atoms with Crippen LogP contribution in [0.4, 0.5) is 0 Å². The first-order valence-corrected chi connectivity index (χ1v) is 7.70.